The summed E-state index contributed by atoms with van der Waals surface area (Å²) in [6.07, 6.45) is 1.67. The molecule has 1 N–H and O–H groups in total. The molecule has 0 radical (unpaired) electrons. The number of hydrogen-bond donors (Lipinski definition) is 1. The number of ether oxygens (including phenoxy) is 2. The Hall–Kier alpha value is -3.23. The van der Waals surface area contributed by atoms with Crippen LogP contribution in [0.4, 0.5) is 0 Å². The number of carbonyl (C=O) groups excluding carboxylic acids is 3. The third-order valence-electron chi connectivity index (χ3n) is 5.76. The summed E-state index contributed by atoms with van der Waals surface area (Å²) >= 11 is 6.87. The van der Waals surface area contributed by atoms with Gasteiger partial charge in [0.2, 0.25) is 5.76 Å². The van der Waals surface area contributed by atoms with Gasteiger partial charge in [0.25, 0.3) is 5.91 Å². The number of rotatable bonds is 6. The lowest BCUT2D eigenvalue weighted by molar-refractivity contribution is -0.156. The lowest BCUT2D eigenvalue weighted by Gasteiger charge is -2.41. The van der Waals surface area contributed by atoms with Crippen molar-refractivity contribution in [1.29, 1.82) is 0 Å². The van der Waals surface area contributed by atoms with Crippen LogP contribution in [-0.2, 0) is 25.5 Å². The fourth-order valence-corrected chi connectivity index (χ4v) is 4.93. The Morgan fingerprint density at radius 2 is 1.66 bits per heavy atom. The Morgan fingerprint density at radius 1 is 0.971 bits per heavy atom. The average molecular weight is 599 g/mol. The first kappa shape index (κ1) is 24.9. The van der Waals surface area contributed by atoms with Gasteiger partial charge >= 0.3 is 11.9 Å². The zero-order chi connectivity index (χ0) is 25.0. The van der Waals surface area contributed by atoms with Crippen LogP contribution < -0.4 is 5.32 Å². The van der Waals surface area contributed by atoms with Gasteiger partial charge in [-0.2, -0.15) is 0 Å². The van der Waals surface area contributed by atoms with Crippen LogP contribution in [0.2, 0.25) is 0 Å². The summed E-state index contributed by atoms with van der Waals surface area (Å²) in [6.45, 7) is 0. The van der Waals surface area contributed by atoms with Crippen molar-refractivity contribution in [2.24, 2.45) is 0 Å². The molecule has 0 fully saturated rings. The van der Waals surface area contributed by atoms with Gasteiger partial charge in [-0.1, -0.05) is 80.4 Å². The van der Waals surface area contributed by atoms with E-state index in [9.17, 15) is 14.4 Å². The van der Waals surface area contributed by atoms with Crippen LogP contribution in [0.1, 0.15) is 27.4 Å². The molecule has 1 aliphatic heterocycles. The molecule has 0 unspecified atom stereocenters. The molecule has 3 aromatic carbocycles. The lowest BCUT2D eigenvalue weighted by atomic mass is 9.73. The first-order valence-electron chi connectivity index (χ1n) is 10.7. The van der Waals surface area contributed by atoms with Crippen molar-refractivity contribution in [2.75, 3.05) is 7.11 Å². The fourth-order valence-electron chi connectivity index (χ4n) is 4.11. The monoisotopic (exact) mass is 597 g/mol. The highest BCUT2D eigenvalue weighted by atomic mass is 79.9. The maximum atomic E-state index is 13.7. The smallest absolute Gasteiger partial charge is 0.373 e. The highest BCUT2D eigenvalue weighted by molar-refractivity contribution is 9.10. The number of halogens is 2. The Bertz CT molecular complexity index is 1310. The van der Waals surface area contributed by atoms with E-state index in [0.29, 0.717) is 11.1 Å². The van der Waals surface area contributed by atoms with Gasteiger partial charge in [0.15, 0.2) is 5.54 Å². The molecule has 178 valence electrons. The third-order valence-corrected chi connectivity index (χ3v) is 6.75. The number of carbonyl (C=O) groups is 3. The Kier molecular flexibility index (Phi) is 7.52. The quantitative estimate of drug-likeness (QED) is 0.388. The van der Waals surface area contributed by atoms with E-state index < -0.39 is 29.3 Å². The van der Waals surface area contributed by atoms with E-state index in [1.54, 1.807) is 30.3 Å². The molecule has 1 amide bonds. The molecule has 1 heterocycles. The van der Waals surface area contributed by atoms with Gasteiger partial charge in [-0.25, -0.2) is 9.59 Å². The van der Waals surface area contributed by atoms with Crippen LogP contribution in [-0.4, -0.2) is 30.5 Å². The summed E-state index contributed by atoms with van der Waals surface area (Å²) in [6, 6.07) is 23.6. The minimum atomic E-state index is -1.54. The molecular formula is C27H21Br2NO5. The van der Waals surface area contributed by atoms with Crippen molar-refractivity contribution >= 4 is 49.7 Å². The normalized spacial score (nSPS) is 19.3. The standard InChI is InChI=1S/C27H21Br2NO5/c1-34-25(32)23-15-22(18-9-5-11-20(28)13-18)27(26(33)35-23,16-17-7-3-2-4-8-17)30-24(31)19-10-6-12-21(29)14-19/h2-15,22H,16H2,1H3,(H,30,31)/t22-,27+/m1/s1. The third kappa shape index (κ3) is 5.39. The van der Waals surface area contributed by atoms with Crippen LogP contribution >= 0.6 is 31.9 Å². The average Bonchev–Trinajstić information content (AvgIpc) is 2.85. The lowest BCUT2D eigenvalue weighted by Crippen LogP contribution is -2.62. The van der Waals surface area contributed by atoms with E-state index in [1.807, 2.05) is 54.6 Å². The topological polar surface area (TPSA) is 81.7 Å². The van der Waals surface area contributed by atoms with Gasteiger partial charge in [-0.05, 0) is 47.5 Å². The van der Waals surface area contributed by atoms with Crippen LogP contribution in [0, 0.1) is 0 Å². The molecule has 0 saturated carbocycles. The molecule has 35 heavy (non-hydrogen) atoms. The summed E-state index contributed by atoms with van der Waals surface area (Å²) in [5.41, 5.74) is 0.353. The van der Waals surface area contributed by atoms with E-state index >= 15 is 0 Å². The van der Waals surface area contributed by atoms with E-state index in [-0.39, 0.29) is 12.2 Å². The summed E-state index contributed by atoms with van der Waals surface area (Å²) in [4.78, 5) is 39.5. The molecule has 3 aromatic rings. The van der Waals surface area contributed by atoms with Crippen molar-refractivity contribution in [3.8, 4) is 0 Å². The van der Waals surface area contributed by atoms with E-state index in [0.717, 1.165) is 14.5 Å². The van der Waals surface area contributed by atoms with E-state index in [4.69, 9.17) is 9.47 Å². The van der Waals surface area contributed by atoms with Crippen LogP contribution in [0.5, 0.6) is 0 Å². The van der Waals surface area contributed by atoms with Gasteiger partial charge < -0.3 is 14.8 Å². The molecule has 0 bridgehead atoms. The van der Waals surface area contributed by atoms with Crippen LogP contribution in [0.15, 0.2) is 99.6 Å². The largest absolute Gasteiger partial charge is 0.463 e. The summed E-state index contributed by atoms with van der Waals surface area (Å²) in [7, 11) is 1.21. The summed E-state index contributed by atoms with van der Waals surface area (Å²) < 4.78 is 11.8. The van der Waals surface area contributed by atoms with Gasteiger partial charge in [0.1, 0.15) is 0 Å². The number of methoxy groups -OCH3 is 1. The van der Waals surface area contributed by atoms with Gasteiger partial charge in [-0.3, -0.25) is 4.79 Å². The highest BCUT2D eigenvalue weighted by Gasteiger charge is 2.52. The number of benzene rings is 3. The summed E-state index contributed by atoms with van der Waals surface area (Å²) in [5.74, 6) is -2.92. The Labute approximate surface area is 219 Å². The van der Waals surface area contributed by atoms with Crippen molar-refractivity contribution in [3.05, 3.63) is 116 Å². The minimum Gasteiger partial charge on any atom is -0.463 e. The number of cyclic esters (lactones) is 1. The number of amides is 1. The molecule has 1 aliphatic rings. The second-order valence-electron chi connectivity index (χ2n) is 8.04. The second kappa shape index (κ2) is 10.6. The van der Waals surface area contributed by atoms with Crippen LogP contribution in [0.25, 0.3) is 0 Å². The predicted octanol–water partition coefficient (Wildman–Crippen LogP) is 5.32. The number of esters is 2. The van der Waals surface area contributed by atoms with Crippen molar-refractivity contribution in [1.82, 2.24) is 5.32 Å². The Morgan fingerprint density at radius 3 is 2.31 bits per heavy atom. The Balaban J connectivity index is 1.89. The maximum Gasteiger partial charge on any atom is 0.373 e. The molecule has 2 atom stereocenters. The zero-order valence-electron chi connectivity index (χ0n) is 18.7. The zero-order valence-corrected chi connectivity index (χ0v) is 21.8. The van der Waals surface area contributed by atoms with Crippen molar-refractivity contribution in [2.45, 2.75) is 17.9 Å². The van der Waals surface area contributed by atoms with E-state index in [2.05, 4.69) is 37.2 Å². The second-order valence-corrected chi connectivity index (χ2v) is 9.87. The highest BCUT2D eigenvalue weighted by Crippen LogP contribution is 2.40. The van der Waals surface area contributed by atoms with Crippen molar-refractivity contribution in [3.63, 3.8) is 0 Å². The van der Waals surface area contributed by atoms with Gasteiger partial charge in [-0.15, -0.1) is 0 Å². The number of hydrogen-bond acceptors (Lipinski definition) is 5. The first-order valence-corrected chi connectivity index (χ1v) is 12.3. The molecule has 4 rings (SSSR count). The van der Waals surface area contributed by atoms with Gasteiger partial charge in [0.05, 0.1) is 7.11 Å². The molecule has 0 saturated heterocycles. The van der Waals surface area contributed by atoms with Crippen molar-refractivity contribution < 1.29 is 23.9 Å². The molecule has 6 nitrogen and oxygen atoms in total. The molecule has 8 heteroatoms. The van der Waals surface area contributed by atoms with Gasteiger partial charge in [0, 0.05) is 26.8 Å². The first-order chi connectivity index (χ1) is 16.8. The minimum absolute atomic E-state index is 0.133. The SMILES string of the molecule is COC(=O)C1=C[C@H](c2cccc(Br)c2)[C@](Cc2ccccc2)(NC(=O)c2cccc(Br)c2)C(=O)O1. The predicted molar refractivity (Wildman–Crippen MR) is 138 cm³/mol. The molecular weight excluding hydrogens is 578 g/mol. The molecule has 0 spiro atoms. The number of nitrogens with one attached hydrogen (secondary N) is 1. The fraction of sp³-hybridized carbons (Fsp3) is 0.148. The maximum absolute atomic E-state index is 13.7. The van der Waals surface area contributed by atoms with Crippen LogP contribution in [0.3, 0.4) is 0 Å². The molecule has 0 aliphatic carbocycles. The van der Waals surface area contributed by atoms with E-state index in [1.165, 1.54) is 7.11 Å². The summed E-state index contributed by atoms with van der Waals surface area (Å²) in [5, 5.41) is 2.97. The molecule has 0 aromatic heterocycles.